The molecule has 0 aliphatic heterocycles. The monoisotopic (exact) mass is 333 g/mol. The van der Waals surface area contributed by atoms with Gasteiger partial charge in [0.15, 0.2) is 11.2 Å². The Bertz CT molecular complexity index is 991. The van der Waals surface area contributed by atoms with Gasteiger partial charge in [-0.2, -0.15) is 0 Å². The Hall–Kier alpha value is -3.13. The predicted octanol–water partition coefficient (Wildman–Crippen LogP) is 2.12. The first-order valence-corrected chi connectivity index (χ1v) is 6.66. The molecule has 0 unspecified atom stereocenters. The molecule has 3 N–H and O–H groups in total. The number of anilines is 1. The SMILES string of the molecule is O=C(Nc1ccc(C(=O)O)c(Cl)c1)c1ccc2oc(=O)[nH]c2n1. The fourth-order valence-electron chi connectivity index (χ4n) is 1.93. The van der Waals surface area contributed by atoms with E-state index in [9.17, 15) is 14.4 Å². The van der Waals surface area contributed by atoms with Crippen LogP contribution in [0.4, 0.5) is 5.69 Å². The molecule has 3 aromatic rings. The minimum atomic E-state index is -1.16. The van der Waals surface area contributed by atoms with Crippen LogP contribution in [0, 0.1) is 0 Å². The van der Waals surface area contributed by atoms with Gasteiger partial charge >= 0.3 is 11.7 Å². The van der Waals surface area contributed by atoms with Crippen molar-refractivity contribution >= 4 is 40.4 Å². The van der Waals surface area contributed by atoms with Crippen molar-refractivity contribution in [1.82, 2.24) is 9.97 Å². The Morgan fingerprint density at radius 1 is 1.26 bits per heavy atom. The lowest BCUT2D eigenvalue weighted by Gasteiger charge is -2.06. The molecule has 0 atom stereocenters. The van der Waals surface area contributed by atoms with E-state index in [2.05, 4.69) is 15.3 Å². The number of aromatic amines is 1. The molecule has 8 nitrogen and oxygen atoms in total. The van der Waals surface area contributed by atoms with Gasteiger partial charge < -0.3 is 14.8 Å². The average molecular weight is 334 g/mol. The van der Waals surface area contributed by atoms with Crippen LogP contribution < -0.4 is 11.1 Å². The van der Waals surface area contributed by atoms with Crippen molar-refractivity contribution in [3.8, 4) is 0 Å². The zero-order valence-corrected chi connectivity index (χ0v) is 12.0. The molecular weight excluding hydrogens is 326 g/mol. The third-order valence-corrected chi connectivity index (χ3v) is 3.28. The summed E-state index contributed by atoms with van der Waals surface area (Å²) in [5, 5.41) is 11.4. The normalized spacial score (nSPS) is 10.7. The van der Waals surface area contributed by atoms with Crippen LogP contribution in [0.5, 0.6) is 0 Å². The molecule has 2 aromatic heterocycles. The highest BCUT2D eigenvalue weighted by Crippen LogP contribution is 2.21. The number of hydrogen-bond acceptors (Lipinski definition) is 5. The zero-order chi connectivity index (χ0) is 16.6. The molecule has 23 heavy (non-hydrogen) atoms. The number of benzene rings is 1. The van der Waals surface area contributed by atoms with Gasteiger partial charge in [0, 0.05) is 5.69 Å². The summed E-state index contributed by atoms with van der Waals surface area (Å²) in [6.07, 6.45) is 0. The van der Waals surface area contributed by atoms with E-state index in [0.29, 0.717) is 5.69 Å². The maximum atomic E-state index is 12.1. The van der Waals surface area contributed by atoms with Gasteiger partial charge in [0.25, 0.3) is 5.91 Å². The highest BCUT2D eigenvalue weighted by atomic mass is 35.5. The Balaban J connectivity index is 1.86. The number of halogens is 1. The average Bonchev–Trinajstić information content (AvgIpc) is 2.85. The van der Waals surface area contributed by atoms with Gasteiger partial charge in [-0.15, -0.1) is 0 Å². The number of nitrogens with zero attached hydrogens (tertiary/aromatic N) is 1. The van der Waals surface area contributed by atoms with Crippen LogP contribution >= 0.6 is 11.6 Å². The van der Waals surface area contributed by atoms with Crippen molar-refractivity contribution in [3.63, 3.8) is 0 Å². The topological polar surface area (TPSA) is 125 Å². The fourth-order valence-corrected chi connectivity index (χ4v) is 2.19. The molecule has 0 radical (unpaired) electrons. The first-order valence-electron chi connectivity index (χ1n) is 6.28. The number of oxazole rings is 1. The third-order valence-electron chi connectivity index (χ3n) is 2.97. The van der Waals surface area contributed by atoms with Crippen molar-refractivity contribution in [2.24, 2.45) is 0 Å². The van der Waals surface area contributed by atoms with E-state index in [-0.39, 0.29) is 27.5 Å². The van der Waals surface area contributed by atoms with E-state index < -0.39 is 17.6 Å². The number of carboxylic acids is 1. The van der Waals surface area contributed by atoms with Crippen LogP contribution in [0.25, 0.3) is 11.2 Å². The molecule has 2 heterocycles. The quantitative estimate of drug-likeness (QED) is 0.674. The number of hydrogen-bond donors (Lipinski definition) is 3. The van der Waals surface area contributed by atoms with Gasteiger partial charge in [-0.25, -0.2) is 14.6 Å². The van der Waals surface area contributed by atoms with E-state index in [4.69, 9.17) is 21.1 Å². The lowest BCUT2D eigenvalue weighted by molar-refractivity contribution is 0.0697. The molecule has 0 aliphatic carbocycles. The van der Waals surface area contributed by atoms with Crippen LogP contribution in [0.1, 0.15) is 20.8 Å². The predicted molar refractivity (Wildman–Crippen MR) is 81.0 cm³/mol. The third kappa shape index (κ3) is 2.92. The highest BCUT2D eigenvalue weighted by Gasteiger charge is 2.13. The largest absolute Gasteiger partial charge is 0.478 e. The summed E-state index contributed by atoms with van der Waals surface area (Å²) < 4.78 is 4.79. The summed E-state index contributed by atoms with van der Waals surface area (Å²) in [6, 6.07) is 6.84. The first kappa shape index (κ1) is 14.8. The highest BCUT2D eigenvalue weighted by molar-refractivity contribution is 6.33. The number of rotatable bonds is 3. The minimum absolute atomic E-state index is 0.00197. The molecule has 0 aliphatic rings. The minimum Gasteiger partial charge on any atom is -0.478 e. The van der Waals surface area contributed by atoms with Crippen molar-refractivity contribution in [1.29, 1.82) is 0 Å². The van der Waals surface area contributed by atoms with E-state index in [0.717, 1.165) is 0 Å². The van der Waals surface area contributed by atoms with E-state index in [1.807, 2.05) is 0 Å². The Labute approximate surface area is 132 Å². The molecule has 1 amide bonds. The number of pyridine rings is 1. The summed E-state index contributed by atoms with van der Waals surface area (Å²) in [5.41, 5.74) is 0.683. The van der Waals surface area contributed by atoms with E-state index in [1.165, 1.54) is 30.3 Å². The van der Waals surface area contributed by atoms with E-state index >= 15 is 0 Å². The number of carbonyl (C=O) groups excluding carboxylic acids is 1. The first-order chi connectivity index (χ1) is 10.9. The van der Waals surface area contributed by atoms with Crippen molar-refractivity contribution in [2.45, 2.75) is 0 Å². The molecule has 0 fully saturated rings. The van der Waals surface area contributed by atoms with Crippen LogP contribution in [0.2, 0.25) is 5.02 Å². The molecule has 9 heteroatoms. The second-order valence-corrected chi connectivity index (χ2v) is 4.92. The number of fused-ring (bicyclic) bond motifs is 1. The van der Waals surface area contributed by atoms with Gasteiger partial charge in [-0.1, -0.05) is 11.6 Å². The number of carbonyl (C=O) groups is 2. The summed E-state index contributed by atoms with van der Waals surface area (Å²) >= 11 is 5.83. The number of aromatic carboxylic acids is 1. The van der Waals surface area contributed by atoms with Crippen LogP contribution in [-0.4, -0.2) is 27.0 Å². The van der Waals surface area contributed by atoms with Gasteiger partial charge in [0.1, 0.15) is 5.69 Å². The number of aromatic nitrogens is 2. The number of amides is 1. The standard InChI is InChI=1S/C14H8ClN3O5/c15-8-5-6(1-2-7(8)13(20)21)16-12(19)9-3-4-10-11(17-9)18-14(22)23-10/h1-5H,(H,16,19)(H,20,21)(H,17,18,22). The number of carboxylic acid groups (broad SMARTS) is 1. The Morgan fingerprint density at radius 3 is 2.74 bits per heavy atom. The summed E-state index contributed by atoms with van der Waals surface area (Å²) in [7, 11) is 0. The molecule has 116 valence electrons. The summed E-state index contributed by atoms with van der Waals surface area (Å²) in [6.45, 7) is 0. The Morgan fingerprint density at radius 2 is 2.04 bits per heavy atom. The molecule has 0 saturated carbocycles. The lowest BCUT2D eigenvalue weighted by atomic mass is 10.2. The second kappa shape index (κ2) is 5.58. The summed E-state index contributed by atoms with van der Waals surface area (Å²) in [4.78, 5) is 40.4. The van der Waals surface area contributed by atoms with Gasteiger partial charge in [0.05, 0.1) is 10.6 Å². The molecule has 0 spiro atoms. The molecule has 3 rings (SSSR count). The van der Waals surface area contributed by atoms with Crippen LogP contribution in [-0.2, 0) is 0 Å². The van der Waals surface area contributed by atoms with Crippen LogP contribution in [0.3, 0.4) is 0 Å². The van der Waals surface area contributed by atoms with Gasteiger partial charge in [-0.05, 0) is 30.3 Å². The van der Waals surface area contributed by atoms with Gasteiger partial charge in [0.2, 0.25) is 0 Å². The Kier molecular flexibility index (Phi) is 3.59. The maximum absolute atomic E-state index is 12.1. The van der Waals surface area contributed by atoms with E-state index in [1.54, 1.807) is 0 Å². The molecule has 0 bridgehead atoms. The smallest absolute Gasteiger partial charge is 0.418 e. The van der Waals surface area contributed by atoms with Gasteiger partial charge in [-0.3, -0.25) is 9.78 Å². The second-order valence-electron chi connectivity index (χ2n) is 4.51. The molecular formula is C14H8ClN3O5. The van der Waals surface area contributed by atoms with Crippen molar-refractivity contribution in [3.05, 3.63) is 57.2 Å². The van der Waals surface area contributed by atoms with Crippen molar-refractivity contribution < 1.29 is 19.1 Å². The maximum Gasteiger partial charge on any atom is 0.418 e. The lowest BCUT2D eigenvalue weighted by Crippen LogP contribution is -2.14. The van der Waals surface area contributed by atoms with Crippen LogP contribution in [0.15, 0.2) is 39.5 Å². The summed E-state index contributed by atoms with van der Waals surface area (Å²) in [5.74, 6) is -2.38. The fraction of sp³-hybridized carbons (Fsp3) is 0. The zero-order valence-electron chi connectivity index (χ0n) is 11.3. The number of nitrogens with one attached hydrogen (secondary N) is 2. The van der Waals surface area contributed by atoms with Crippen molar-refractivity contribution in [2.75, 3.05) is 5.32 Å². The molecule has 0 saturated heterocycles. The molecule has 1 aromatic carbocycles. The number of H-pyrrole nitrogens is 1.